The Hall–Kier alpha value is -1.06. The number of hydrogen-bond donors (Lipinski definition) is 1. The van der Waals surface area contributed by atoms with Crippen molar-refractivity contribution in [3.8, 4) is 0 Å². The summed E-state index contributed by atoms with van der Waals surface area (Å²) in [5.74, 6) is -0.463. The quantitative estimate of drug-likeness (QED) is 0.367. The first-order valence-corrected chi connectivity index (χ1v) is 10.4. The van der Waals surface area contributed by atoms with E-state index in [-0.39, 0.29) is 23.9 Å². The van der Waals surface area contributed by atoms with E-state index in [1.165, 1.54) is 25.7 Å². The Labute approximate surface area is 153 Å². The van der Waals surface area contributed by atoms with Crippen molar-refractivity contribution in [2.45, 2.75) is 104 Å². The predicted molar refractivity (Wildman–Crippen MR) is 100 cm³/mol. The SMILES string of the molecule is CCCCCC(CCCCC(C)C)OC(=O)C1CCC(C(=O)O)CC1. The highest BCUT2D eigenvalue weighted by Crippen LogP contribution is 2.30. The van der Waals surface area contributed by atoms with Crippen LogP contribution in [0.3, 0.4) is 0 Å². The van der Waals surface area contributed by atoms with Gasteiger partial charge >= 0.3 is 11.9 Å². The Morgan fingerprint density at radius 2 is 1.44 bits per heavy atom. The Kier molecular flexibility index (Phi) is 10.8. The van der Waals surface area contributed by atoms with E-state index in [0.717, 1.165) is 31.6 Å². The number of hydrogen-bond acceptors (Lipinski definition) is 3. The second kappa shape index (κ2) is 12.3. The van der Waals surface area contributed by atoms with E-state index in [4.69, 9.17) is 9.84 Å². The number of esters is 1. The number of carbonyl (C=O) groups is 2. The van der Waals surface area contributed by atoms with Gasteiger partial charge in [-0.05, 0) is 57.3 Å². The fourth-order valence-electron chi connectivity index (χ4n) is 3.65. The molecule has 1 rings (SSSR count). The Balaban J connectivity index is 2.40. The smallest absolute Gasteiger partial charge is 0.309 e. The first kappa shape index (κ1) is 22.0. The van der Waals surface area contributed by atoms with Crippen LogP contribution in [0, 0.1) is 17.8 Å². The van der Waals surface area contributed by atoms with Crippen LogP contribution in [0.2, 0.25) is 0 Å². The van der Waals surface area contributed by atoms with E-state index in [1.807, 2.05) is 0 Å². The summed E-state index contributed by atoms with van der Waals surface area (Å²) in [7, 11) is 0. The third-order valence-corrected chi connectivity index (χ3v) is 5.38. The van der Waals surface area contributed by atoms with Crippen LogP contribution >= 0.6 is 0 Å². The van der Waals surface area contributed by atoms with Crippen molar-refractivity contribution >= 4 is 11.9 Å². The molecule has 146 valence electrons. The van der Waals surface area contributed by atoms with Gasteiger partial charge in [-0.3, -0.25) is 9.59 Å². The van der Waals surface area contributed by atoms with Crippen molar-refractivity contribution in [1.82, 2.24) is 0 Å². The minimum Gasteiger partial charge on any atom is -0.481 e. The van der Waals surface area contributed by atoms with E-state index in [0.29, 0.717) is 25.7 Å². The molecule has 0 aromatic heterocycles. The van der Waals surface area contributed by atoms with E-state index in [1.54, 1.807) is 0 Å². The molecule has 0 aromatic carbocycles. The van der Waals surface area contributed by atoms with Gasteiger partial charge in [0.25, 0.3) is 0 Å². The van der Waals surface area contributed by atoms with Gasteiger partial charge in [-0.15, -0.1) is 0 Å². The molecule has 1 saturated carbocycles. The maximum absolute atomic E-state index is 12.5. The maximum atomic E-state index is 12.5. The number of carbonyl (C=O) groups excluding carboxylic acids is 1. The summed E-state index contributed by atoms with van der Waals surface area (Å²) in [6.07, 6.45) is 11.5. The van der Waals surface area contributed by atoms with Gasteiger partial charge in [0, 0.05) is 0 Å². The van der Waals surface area contributed by atoms with Crippen molar-refractivity contribution in [3.63, 3.8) is 0 Å². The summed E-state index contributed by atoms with van der Waals surface area (Å²) >= 11 is 0. The lowest BCUT2D eigenvalue weighted by atomic mass is 9.82. The molecule has 1 fully saturated rings. The minimum atomic E-state index is -0.727. The fraction of sp³-hybridized carbons (Fsp3) is 0.905. The topological polar surface area (TPSA) is 63.6 Å². The zero-order valence-corrected chi connectivity index (χ0v) is 16.5. The van der Waals surface area contributed by atoms with Crippen LogP contribution in [0.1, 0.15) is 97.8 Å². The predicted octanol–water partition coefficient (Wildman–Crippen LogP) is 5.59. The van der Waals surface area contributed by atoms with E-state index in [9.17, 15) is 9.59 Å². The first-order valence-electron chi connectivity index (χ1n) is 10.4. The summed E-state index contributed by atoms with van der Waals surface area (Å²) in [6, 6.07) is 0. The molecule has 25 heavy (non-hydrogen) atoms. The van der Waals surface area contributed by atoms with Crippen LogP contribution in [-0.4, -0.2) is 23.1 Å². The fourth-order valence-corrected chi connectivity index (χ4v) is 3.65. The van der Waals surface area contributed by atoms with Gasteiger partial charge in [0.1, 0.15) is 6.10 Å². The van der Waals surface area contributed by atoms with Crippen LogP contribution in [0.4, 0.5) is 0 Å². The third kappa shape index (κ3) is 9.27. The average molecular weight is 355 g/mol. The van der Waals surface area contributed by atoms with Gasteiger partial charge in [0.05, 0.1) is 11.8 Å². The molecule has 1 N–H and O–H groups in total. The standard InChI is InChI=1S/C21H38O4/c1-4-5-6-10-19(11-8-7-9-16(2)3)25-21(24)18-14-12-17(13-15-18)20(22)23/h16-19H,4-15H2,1-3H3,(H,22,23). The molecule has 0 amide bonds. The van der Waals surface area contributed by atoms with Gasteiger partial charge in [0.2, 0.25) is 0 Å². The number of carboxylic acids is 1. The molecule has 1 aliphatic rings. The number of aliphatic carboxylic acids is 1. The monoisotopic (exact) mass is 354 g/mol. The molecule has 0 radical (unpaired) electrons. The minimum absolute atomic E-state index is 0.0448. The van der Waals surface area contributed by atoms with Gasteiger partial charge < -0.3 is 9.84 Å². The Morgan fingerprint density at radius 1 is 0.920 bits per heavy atom. The number of rotatable bonds is 12. The van der Waals surface area contributed by atoms with Gasteiger partial charge in [-0.1, -0.05) is 46.5 Å². The second-order valence-corrected chi connectivity index (χ2v) is 8.12. The summed E-state index contributed by atoms with van der Waals surface area (Å²) in [6.45, 7) is 6.67. The van der Waals surface area contributed by atoms with Crippen LogP contribution < -0.4 is 0 Å². The third-order valence-electron chi connectivity index (χ3n) is 5.38. The van der Waals surface area contributed by atoms with E-state index >= 15 is 0 Å². The highest BCUT2D eigenvalue weighted by molar-refractivity contribution is 5.74. The van der Waals surface area contributed by atoms with Crippen LogP contribution in [0.25, 0.3) is 0 Å². The summed E-state index contributed by atoms with van der Waals surface area (Å²) in [4.78, 5) is 23.5. The molecule has 0 bridgehead atoms. The van der Waals surface area contributed by atoms with Crippen molar-refractivity contribution in [1.29, 1.82) is 0 Å². The molecule has 4 heteroatoms. The number of ether oxygens (including phenoxy) is 1. The van der Waals surface area contributed by atoms with Gasteiger partial charge in [-0.25, -0.2) is 0 Å². The Bertz CT molecular complexity index is 383. The average Bonchev–Trinajstić information content (AvgIpc) is 2.58. The number of unbranched alkanes of at least 4 members (excludes halogenated alkanes) is 3. The van der Waals surface area contributed by atoms with E-state index in [2.05, 4.69) is 20.8 Å². The molecule has 0 spiro atoms. The summed E-state index contributed by atoms with van der Waals surface area (Å²) < 4.78 is 5.85. The molecular formula is C21H38O4. The van der Waals surface area contributed by atoms with Crippen LogP contribution in [0.5, 0.6) is 0 Å². The van der Waals surface area contributed by atoms with Crippen molar-refractivity contribution < 1.29 is 19.4 Å². The molecule has 0 saturated heterocycles. The molecule has 1 atom stereocenters. The molecule has 4 nitrogen and oxygen atoms in total. The molecule has 0 aliphatic heterocycles. The highest BCUT2D eigenvalue weighted by atomic mass is 16.5. The van der Waals surface area contributed by atoms with E-state index < -0.39 is 5.97 Å². The molecule has 1 unspecified atom stereocenters. The normalized spacial score (nSPS) is 21.9. The maximum Gasteiger partial charge on any atom is 0.309 e. The second-order valence-electron chi connectivity index (χ2n) is 8.12. The van der Waals surface area contributed by atoms with Crippen molar-refractivity contribution in [3.05, 3.63) is 0 Å². The Morgan fingerprint density at radius 3 is 1.96 bits per heavy atom. The summed E-state index contributed by atoms with van der Waals surface area (Å²) in [5.41, 5.74) is 0. The van der Waals surface area contributed by atoms with Crippen LogP contribution in [-0.2, 0) is 14.3 Å². The molecule has 0 heterocycles. The number of carboxylic acid groups (broad SMARTS) is 1. The molecule has 1 aliphatic carbocycles. The first-order chi connectivity index (χ1) is 11.9. The van der Waals surface area contributed by atoms with Crippen molar-refractivity contribution in [2.24, 2.45) is 17.8 Å². The summed E-state index contributed by atoms with van der Waals surface area (Å²) in [5, 5.41) is 9.07. The largest absolute Gasteiger partial charge is 0.481 e. The molecular weight excluding hydrogens is 316 g/mol. The lowest BCUT2D eigenvalue weighted by Gasteiger charge is -2.27. The lowest BCUT2D eigenvalue weighted by molar-refractivity contribution is -0.158. The molecule has 0 aromatic rings. The zero-order chi connectivity index (χ0) is 18.7. The van der Waals surface area contributed by atoms with Crippen molar-refractivity contribution in [2.75, 3.05) is 0 Å². The van der Waals surface area contributed by atoms with Gasteiger partial charge in [0.15, 0.2) is 0 Å². The highest BCUT2D eigenvalue weighted by Gasteiger charge is 2.31. The van der Waals surface area contributed by atoms with Crippen LogP contribution in [0.15, 0.2) is 0 Å². The lowest BCUT2D eigenvalue weighted by Crippen LogP contribution is -2.29. The van der Waals surface area contributed by atoms with Gasteiger partial charge in [-0.2, -0.15) is 0 Å². The zero-order valence-electron chi connectivity index (χ0n) is 16.5.